The summed E-state index contributed by atoms with van der Waals surface area (Å²) in [6.45, 7) is 2.04. The highest BCUT2D eigenvalue weighted by Crippen LogP contribution is 2.13. The number of carbonyl (C=O) groups is 1. The van der Waals surface area contributed by atoms with E-state index >= 15 is 0 Å². The summed E-state index contributed by atoms with van der Waals surface area (Å²) in [5.74, 6) is 0.108. The number of hydrogen-bond acceptors (Lipinski definition) is 2. The van der Waals surface area contributed by atoms with E-state index in [0.29, 0.717) is 12.8 Å². The molecule has 17 heavy (non-hydrogen) atoms. The molecule has 0 radical (unpaired) electrons. The monoisotopic (exact) mass is 229 g/mol. The zero-order valence-corrected chi connectivity index (χ0v) is 10.4. The smallest absolute Gasteiger partial charge is 0.134 e. The van der Waals surface area contributed by atoms with Crippen molar-refractivity contribution in [3.63, 3.8) is 0 Å². The summed E-state index contributed by atoms with van der Waals surface area (Å²) >= 11 is 0. The van der Waals surface area contributed by atoms with Crippen molar-refractivity contribution in [3.05, 3.63) is 35.9 Å². The topological polar surface area (TPSA) is 40.9 Å². The highest BCUT2D eigenvalue weighted by atomic mass is 16.1. The molecule has 0 saturated carbocycles. The van der Waals surface area contributed by atoms with Crippen LogP contribution in [-0.2, 0) is 11.2 Å². The third-order valence-corrected chi connectivity index (χ3v) is 2.83. The van der Waals surface area contributed by atoms with Gasteiger partial charge in [-0.05, 0) is 18.4 Å². The second-order valence-electron chi connectivity index (χ2n) is 4.34. The number of benzene rings is 1. The maximum Gasteiger partial charge on any atom is 0.134 e. The third kappa shape index (κ3) is 5.31. The summed E-state index contributed by atoms with van der Waals surface area (Å²) in [5.41, 5.74) is 1.19. The molecule has 2 nitrogen and oxygen atoms in total. The zero-order valence-electron chi connectivity index (χ0n) is 10.4. The van der Waals surface area contributed by atoms with Gasteiger partial charge in [-0.2, -0.15) is 5.26 Å². The molecule has 0 heterocycles. The van der Waals surface area contributed by atoms with Crippen LogP contribution < -0.4 is 0 Å². The molecular weight excluding hydrogens is 210 g/mol. The number of Topliss-reactive ketones (excluding diaryl/α,β-unsaturated/α-hetero) is 1. The summed E-state index contributed by atoms with van der Waals surface area (Å²) in [6, 6.07) is 12.2. The van der Waals surface area contributed by atoms with Crippen molar-refractivity contribution >= 4 is 5.78 Å². The summed E-state index contributed by atoms with van der Waals surface area (Å²) in [6.07, 6.45) is 3.53. The Morgan fingerprint density at radius 2 is 2.06 bits per heavy atom. The Balaban J connectivity index is 2.33. The van der Waals surface area contributed by atoms with Crippen molar-refractivity contribution < 1.29 is 4.79 Å². The fourth-order valence-corrected chi connectivity index (χ4v) is 1.87. The minimum atomic E-state index is -0.0942. The van der Waals surface area contributed by atoms with E-state index in [9.17, 15) is 4.79 Å². The van der Waals surface area contributed by atoms with Crippen molar-refractivity contribution in [2.45, 2.75) is 39.0 Å². The zero-order chi connectivity index (χ0) is 12.5. The van der Waals surface area contributed by atoms with Gasteiger partial charge in [0.05, 0.1) is 12.0 Å². The normalized spacial score (nSPS) is 11.8. The van der Waals surface area contributed by atoms with Gasteiger partial charge in [-0.15, -0.1) is 0 Å². The first-order valence-corrected chi connectivity index (χ1v) is 6.21. The molecule has 0 spiro atoms. The summed E-state index contributed by atoms with van der Waals surface area (Å²) < 4.78 is 0. The fraction of sp³-hybridized carbons (Fsp3) is 0.467. The molecule has 2 heteroatoms. The largest absolute Gasteiger partial charge is 0.300 e. The standard InChI is InChI=1S/C15H19NO/c1-2-6-14(12-16)11-15(17)10-9-13-7-4-3-5-8-13/h3-5,7-8,14H,2,6,9-11H2,1H3/t14-/m0/s1. The van der Waals surface area contributed by atoms with Gasteiger partial charge in [0.2, 0.25) is 0 Å². The molecule has 1 rings (SSSR count). The predicted octanol–water partition coefficient (Wildman–Crippen LogP) is 3.52. The van der Waals surface area contributed by atoms with Crippen molar-refractivity contribution in [1.82, 2.24) is 0 Å². The number of rotatable bonds is 7. The van der Waals surface area contributed by atoms with Gasteiger partial charge in [0.15, 0.2) is 0 Å². The Morgan fingerprint density at radius 3 is 2.65 bits per heavy atom. The Hall–Kier alpha value is -1.62. The van der Waals surface area contributed by atoms with E-state index in [-0.39, 0.29) is 11.7 Å². The average molecular weight is 229 g/mol. The van der Waals surface area contributed by atoms with Crippen molar-refractivity contribution in [2.75, 3.05) is 0 Å². The lowest BCUT2D eigenvalue weighted by molar-refractivity contribution is -0.119. The SMILES string of the molecule is CCC[C@H](C#N)CC(=O)CCc1ccccc1. The maximum atomic E-state index is 11.7. The molecule has 0 N–H and O–H groups in total. The fourth-order valence-electron chi connectivity index (χ4n) is 1.87. The molecule has 1 aromatic rings. The molecule has 1 aromatic carbocycles. The first-order chi connectivity index (χ1) is 8.26. The van der Waals surface area contributed by atoms with E-state index in [0.717, 1.165) is 19.3 Å². The number of aryl methyl sites for hydroxylation is 1. The van der Waals surface area contributed by atoms with Crippen LogP contribution in [0.15, 0.2) is 30.3 Å². The average Bonchev–Trinajstić information content (AvgIpc) is 2.37. The number of hydrogen-bond donors (Lipinski definition) is 0. The van der Waals surface area contributed by atoms with E-state index in [1.807, 2.05) is 37.3 Å². The van der Waals surface area contributed by atoms with Gasteiger partial charge in [0.1, 0.15) is 5.78 Å². The Labute approximate surface area is 103 Å². The molecule has 0 aliphatic rings. The predicted molar refractivity (Wildman–Crippen MR) is 68.4 cm³/mol. The molecule has 0 aromatic heterocycles. The van der Waals surface area contributed by atoms with E-state index in [1.54, 1.807) is 0 Å². The number of nitriles is 1. The van der Waals surface area contributed by atoms with Crippen LogP contribution in [-0.4, -0.2) is 5.78 Å². The van der Waals surface area contributed by atoms with Crippen LogP contribution in [0.1, 0.15) is 38.2 Å². The maximum absolute atomic E-state index is 11.7. The lowest BCUT2D eigenvalue weighted by Gasteiger charge is -2.06. The first kappa shape index (κ1) is 13.4. The summed E-state index contributed by atoms with van der Waals surface area (Å²) in [4.78, 5) is 11.7. The van der Waals surface area contributed by atoms with Gasteiger partial charge in [-0.25, -0.2) is 0 Å². The molecule has 0 aliphatic heterocycles. The van der Waals surface area contributed by atoms with Gasteiger partial charge in [0.25, 0.3) is 0 Å². The third-order valence-electron chi connectivity index (χ3n) is 2.83. The van der Waals surface area contributed by atoms with Crippen LogP contribution in [0, 0.1) is 17.2 Å². The van der Waals surface area contributed by atoms with E-state index in [4.69, 9.17) is 5.26 Å². The molecule has 0 bridgehead atoms. The van der Waals surface area contributed by atoms with E-state index in [1.165, 1.54) is 5.56 Å². The van der Waals surface area contributed by atoms with Gasteiger partial charge in [-0.1, -0.05) is 43.7 Å². The van der Waals surface area contributed by atoms with Crippen LogP contribution in [0.4, 0.5) is 0 Å². The van der Waals surface area contributed by atoms with Crippen LogP contribution in [0.25, 0.3) is 0 Å². The van der Waals surface area contributed by atoms with Crippen LogP contribution >= 0.6 is 0 Å². The van der Waals surface area contributed by atoms with Gasteiger partial charge >= 0.3 is 0 Å². The Morgan fingerprint density at radius 1 is 1.35 bits per heavy atom. The lowest BCUT2D eigenvalue weighted by atomic mass is 9.96. The number of ketones is 1. The van der Waals surface area contributed by atoms with Crippen LogP contribution in [0.5, 0.6) is 0 Å². The molecule has 0 fully saturated rings. The minimum Gasteiger partial charge on any atom is -0.300 e. The molecular formula is C15H19NO. The molecule has 0 aliphatic carbocycles. The second-order valence-corrected chi connectivity index (χ2v) is 4.34. The van der Waals surface area contributed by atoms with Gasteiger partial charge < -0.3 is 0 Å². The van der Waals surface area contributed by atoms with Crippen molar-refractivity contribution in [3.8, 4) is 6.07 Å². The lowest BCUT2D eigenvalue weighted by Crippen LogP contribution is -2.07. The molecule has 1 atom stereocenters. The van der Waals surface area contributed by atoms with Crippen molar-refractivity contribution in [2.24, 2.45) is 5.92 Å². The van der Waals surface area contributed by atoms with Crippen LogP contribution in [0.3, 0.4) is 0 Å². The van der Waals surface area contributed by atoms with E-state index < -0.39 is 0 Å². The minimum absolute atomic E-state index is 0.0942. The molecule has 90 valence electrons. The number of carbonyl (C=O) groups excluding carboxylic acids is 1. The first-order valence-electron chi connectivity index (χ1n) is 6.21. The highest BCUT2D eigenvalue weighted by molar-refractivity contribution is 5.79. The molecule has 0 saturated heterocycles. The summed E-state index contributed by atoms with van der Waals surface area (Å²) in [7, 11) is 0. The van der Waals surface area contributed by atoms with E-state index in [2.05, 4.69) is 6.07 Å². The Bertz CT molecular complexity index is 378. The second kappa shape index (κ2) is 7.62. The Kier molecular flexibility index (Phi) is 6.03. The summed E-state index contributed by atoms with van der Waals surface area (Å²) in [5, 5.41) is 8.89. The van der Waals surface area contributed by atoms with Crippen LogP contribution in [0.2, 0.25) is 0 Å². The quantitative estimate of drug-likeness (QED) is 0.717. The highest BCUT2D eigenvalue weighted by Gasteiger charge is 2.12. The molecule has 0 amide bonds. The van der Waals surface area contributed by atoms with Gasteiger partial charge in [-0.3, -0.25) is 4.79 Å². The van der Waals surface area contributed by atoms with Crippen molar-refractivity contribution in [1.29, 1.82) is 5.26 Å². The number of nitrogens with zero attached hydrogens (tertiary/aromatic N) is 1. The molecule has 0 unspecified atom stereocenters. The van der Waals surface area contributed by atoms with Gasteiger partial charge in [0, 0.05) is 12.8 Å².